The van der Waals surface area contributed by atoms with Crippen LogP contribution in [0.3, 0.4) is 0 Å². The van der Waals surface area contributed by atoms with E-state index in [4.69, 9.17) is 11.6 Å². The molecule has 4 aromatic rings. The summed E-state index contributed by atoms with van der Waals surface area (Å²) in [5.41, 5.74) is 3.44. The molecule has 0 amide bonds. The standard InChI is InChI=1S/C17H12ClN5O2/c1-11-7-13(18)15(8-14(11)23(24)25)21-6-4-17-20-10-16(22(17)21)12-3-2-5-19-9-12/h2-10H,1H3. The molecule has 7 nitrogen and oxygen atoms in total. The molecule has 0 bridgehead atoms. The summed E-state index contributed by atoms with van der Waals surface area (Å²) >= 11 is 6.37. The van der Waals surface area contributed by atoms with E-state index in [1.807, 2.05) is 22.7 Å². The zero-order valence-corrected chi connectivity index (χ0v) is 13.9. The van der Waals surface area contributed by atoms with Crippen LogP contribution in [-0.4, -0.2) is 24.1 Å². The summed E-state index contributed by atoms with van der Waals surface area (Å²) in [6, 6.07) is 8.66. The Balaban J connectivity index is 1.99. The van der Waals surface area contributed by atoms with E-state index in [9.17, 15) is 10.1 Å². The normalized spacial score (nSPS) is 11.1. The van der Waals surface area contributed by atoms with Crippen LogP contribution in [-0.2, 0) is 0 Å². The fourth-order valence-corrected chi connectivity index (χ4v) is 3.13. The van der Waals surface area contributed by atoms with Crippen LogP contribution in [0, 0.1) is 17.0 Å². The number of aromatic nitrogens is 4. The minimum absolute atomic E-state index is 0.0179. The third-order valence-corrected chi connectivity index (χ3v) is 4.31. The van der Waals surface area contributed by atoms with Crippen LogP contribution in [0.2, 0.25) is 5.02 Å². The highest BCUT2D eigenvalue weighted by Crippen LogP contribution is 2.31. The van der Waals surface area contributed by atoms with E-state index < -0.39 is 4.92 Å². The maximum atomic E-state index is 11.3. The monoisotopic (exact) mass is 353 g/mol. The smallest absolute Gasteiger partial charge is 0.264 e. The van der Waals surface area contributed by atoms with Gasteiger partial charge in [0.05, 0.1) is 27.5 Å². The minimum atomic E-state index is -0.411. The molecule has 124 valence electrons. The molecule has 0 aliphatic carbocycles. The SMILES string of the molecule is Cc1cc(Cl)c(-n2ccc3ncc(-c4cccnc4)n32)cc1[N+](=O)[O-]. The molecule has 4 rings (SSSR count). The Kier molecular flexibility index (Phi) is 3.51. The average molecular weight is 354 g/mol. The van der Waals surface area contributed by atoms with Crippen LogP contribution in [0.15, 0.2) is 55.1 Å². The molecule has 0 radical (unpaired) electrons. The number of nitro groups is 1. The number of fused-ring (bicyclic) bond motifs is 1. The topological polar surface area (TPSA) is 78.3 Å². The largest absolute Gasteiger partial charge is 0.274 e. The minimum Gasteiger partial charge on any atom is -0.264 e. The first-order valence-electron chi connectivity index (χ1n) is 7.46. The lowest BCUT2D eigenvalue weighted by atomic mass is 10.2. The molecule has 0 atom stereocenters. The maximum absolute atomic E-state index is 11.3. The third kappa shape index (κ3) is 2.45. The predicted octanol–water partition coefficient (Wildman–Crippen LogP) is 4.06. The van der Waals surface area contributed by atoms with Gasteiger partial charge < -0.3 is 0 Å². The van der Waals surface area contributed by atoms with Crippen LogP contribution in [0.4, 0.5) is 5.69 Å². The molecule has 0 saturated carbocycles. The van der Waals surface area contributed by atoms with E-state index in [0.29, 0.717) is 21.9 Å². The lowest BCUT2D eigenvalue weighted by Gasteiger charge is -2.11. The van der Waals surface area contributed by atoms with Crippen molar-refractivity contribution in [2.24, 2.45) is 0 Å². The van der Waals surface area contributed by atoms with Crippen molar-refractivity contribution in [2.75, 3.05) is 0 Å². The van der Waals surface area contributed by atoms with Gasteiger partial charge in [-0.3, -0.25) is 19.8 Å². The number of imidazole rings is 1. The van der Waals surface area contributed by atoms with Crippen molar-refractivity contribution in [1.82, 2.24) is 19.2 Å². The molecule has 0 saturated heterocycles. The highest BCUT2D eigenvalue weighted by molar-refractivity contribution is 6.32. The third-order valence-electron chi connectivity index (χ3n) is 4.01. The first-order chi connectivity index (χ1) is 12.1. The van der Waals surface area contributed by atoms with E-state index in [1.54, 1.807) is 42.5 Å². The van der Waals surface area contributed by atoms with Gasteiger partial charge in [0.25, 0.3) is 5.69 Å². The lowest BCUT2D eigenvalue weighted by Crippen LogP contribution is -2.05. The predicted molar refractivity (Wildman–Crippen MR) is 94.2 cm³/mol. The zero-order chi connectivity index (χ0) is 17.6. The summed E-state index contributed by atoms with van der Waals surface area (Å²) in [4.78, 5) is 19.4. The second-order valence-corrected chi connectivity index (χ2v) is 5.97. The Morgan fingerprint density at radius 2 is 2.08 bits per heavy atom. The Labute approximate surface area is 147 Å². The molecule has 8 heteroatoms. The van der Waals surface area contributed by atoms with Crippen molar-refractivity contribution < 1.29 is 4.92 Å². The quantitative estimate of drug-likeness (QED) is 0.411. The number of halogens is 1. The number of nitro benzene ring substituents is 1. The molecule has 0 spiro atoms. The summed E-state index contributed by atoms with van der Waals surface area (Å²) in [7, 11) is 0. The zero-order valence-electron chi connectivity index (χ0n) is 13.1. The molecule has 0 aliphatic heterocycles. The highest BCUT2D eigenvalue weighted by atomic mass is 35.5. The summed E-state index contributed by atoms with van der Waals surface area (Å²) < 4.78 is 3.59. The van der Waals surface area contributed by atoms with Crippen LogP contribution in [0.25, 0.3) is 22.6 Å². The average Bonchev–Trinajstić information content (AvgIpc) is 3.18. The van der Waals surface area contributed by atoms with Gasteiger partial charge in [-0.1, -0.05) is 11.6 Å². The summed E-state index contributed by atoms with van der Waals surface area (Å²) in [5, 5.41) is 11.7. The van der Waals surface area contributed by atoms with Gasteiger partial charge in [-0.2, -0.15) is 0 Å². The van der Waals surface area contributed by atoms with E-state index in [-0.39, 0.29) is 5.69 Å². The molecule has 0 aliphatic rings. The molecule has 0 fully saturated rings. The van der Waals surface area contributed by atoms with Gasteiger partial charge in [-0.05, 0) is 25.1 Å². The number of hydrogen-bond donors (Lipinski definition) is 0. The van der Waals surface area contributed by atoms with E-state index >= 15 is 0 Å². The second kappa shape index (κ2) is 5.71. The first-order valence-corrected chi connectivity index (χ1v) is 7.84. The van der Waals surface area contributed by atoms with Crippen molar-refractivity contribution >= 4 is 22.9 Å². The fourth-order valence-electron chi connectivity index (χ4n) is 2.83. The summed E-state index contributed by atoms with van der Waals surface area (Å²) in [6.07, 6.45) is 6.95. The number of hydrogen-bond acceptors (Lipinski definition) is 4. The van der Waals surface area contributed by atoms with Crippen molar-refractivity contribution in [3.05, 3.63) is 75.8 Å². The Hall–Kier alpha value is -3.19. The Morgan fingerprint density at radius 3 is 2.80 bits per heavy atom. The highest BCUT2D eigenvalue weighted by Gasteiger charge is 2.18. The van der Waals surface area contributed by atoms with Gasteiger partial charge in [0.15, 0.2) is 5.65 Å². The molecule has 0 unspecified atom stereocenters. The van der Waals surface area contributed by atoms with Gasteiger partial charge in [-0.25, -0.2) is 9.50 Å². The van der Waals surface area contributed by atoms with Crippen LogP contribution >= 0.6 is 11.6 Å². The Morgan fingerprint density at radius 1 is 1.24 bits per heavy atom. The van der Waals surface area contributed by atoms with Crippen molar-refractivity contribution in [3.63, 3.8) is 0 Å². The summed E-state index contributed by atoms with van der Waals surface area (Å²) in [5.74, 6) is 0. The fraction of sp³-hybridized carbons (Fsp3) is 0.0588. The number of benzene rings is 1. The molecular formula is C17H12ClN5O2. The second-order valence-electron chi connectivity index (χ2n) is 5.56. The molecule has 25 heavy (non-hydrogen) atoms. The van der Waals surface area contributed by atoms with E-state index in [0.717, 1.165) is 11.3 Å². The Bertz CT molecular complexity index is 1100. The van der Waals surface area contributed by atoms with Crippen LogP contribution in [0.1, 0.15) is 5.56 Å². The van der Waals surface area contributed by atoms with Gasteiger partial charge >= 0.3 is 0 Å². The number of nitrogens with zero attached hydrogens (tertiary/aromatic N) is 5. The maximum Gasteiger partial charge on any atom is 0.274 e. The van der Waals surface area contributed by atoms with Crippen molar-refractivity contribution in [1.29, 1.82) is 0 Å². The molecular weight excluding hydrogens is 342 g/mol. The van der Waals surface area contributed by atoms with Gasteiger partial charge in [0.1, 0.15) is 0 Å². The van der Waals surface area contributed by atoms with Gasteiger partial charge in [0, 0.05) is 41.9 Å². The molecule has 3 heterocycles. The van der Waals surface area contributed by atoms with E-state index in [2.05, 4.69) is 9.97 Å². The molecule has 0 N–H and O–H groups in total. The van der Waals surface area contributed by atoms with Crippen molar-refractivity contribution in [2.45, 2.75) is 6.92 Å². The van der Waals surface area contributed by atoms with Crippen LogP contribution < -0.4 is 0 Å². The molecule has 1 aromatic carbocycles. The number of aryl methyl sites for hydroxylation is 1. The van der Waals surface area contributed by atoms with Gasteiger partial charge in [0.2, 0.25) is 0 Å². The van der Waals surface area contributed by atoms with Gasteiger partial charge in [-0.15, -0.1) is 0 Å². The first kappa shape index (κ1) is 15.3. The van der Waals surface area contributed by atoms with Crippen molar-refractivity contribution in [3.8, 4) is 16.9 Å². The van der Waals surface area contributed by atoms with Crippen LogP contribution in [0.5, 0.6) is 0 Å². The molecule has 3 aromatic heterocycles. The summed E-state index contributed by atoms with van der Waals surface area (Å²) in [6.45, 7) is 1.66. The number of rotatable bonds is 3. The number of pyridine rings is 1. The lowest BCUT2D eigenvalue weighted by molar-refractivity contribution is -0.385. The van der Waals surface area contributed by atoms with E-state index in [1.165, 1.54) is 6.07 Å².